The fraction of sp³-hybridized carbons (Fsp3) is 0. The van der Waals surface area contributed by atoms with E-state index in [1.165, 1.54) is 12.5 Å². The summed E-state index contributed by atoms with van der Waals surface area (Å²) in [5.74, 6) is -0.715. The molecule has 0 unspecified atom stereocenters. The number of hydrogen-bond acceptors (Lipinski definition) is 4. The van der Waals surface area contributed by atoms with E-state index in [1.807, 2.05) is 24.3 Å². The number of carbonyl (C=O) groups is 2. The number of halogens is 1. The normalized spacial score (nSPS) is 10.7. The third-order valence-electron chi connectivity index (χ3n) is 3.39. The first-order valence-corrected chi connectivity index (χ1v) is 8.45. The third-order valence-corrected chi connectivity index (χ3v) is 3.89. The van der Waals surface area contributed by atoms with E-state index in [1.54, 1.807) is 36.4 Å². The SMILES string of the molecule is O=C(Nc1ccccc1C(=O)N/N=C\c1cccc(Br)c1)c1ccco1. The second-order valence-electron chi connectivity index (χ2n) is 5.23. The summed E-state index contributed by atoms with van der Waals surface area (Å²) in [7, 11) is 0. The van der Waals surface area contributed by atoms with Crippen LogP contribution in [0.3, 0.4) is 0 Å². The zero-order valence-electron chi connectivity index (χ0n) is 13.5. The summed E-state index contributed by atoms with van der Waals surface area (Å²) in [4.78, 5) is 24.5. The van der Waals surface area contributed by atoms with Gasteiger partial charge in [0.25, 0.3) is 11.8 Å². The van der Waals surface area contributed by atoms with Crippen molar-refractivity contribution in [2.24, 2.45) is 5.10 Å². The van der Waals surface area contributed by atoms with Gasteiger partial charge in [-0.05, 0) is 42.0 Å². The molecule has 2 aromatic carbocycles. The monoisotopic (exact) mass is 411 g/mol. The van der Waals surface area contributed by atoms with Gasteiger partial charge < -0.3 is 9.73 Å². The van der Waals surface area contributed by atoms with Crippen LogP contribution in [0.2, 0.25) is 0 Å². The quantitative estimate of drug-likeness (QED) is 0.490. The Bertz CT molecular complexity index is 952. The van der Waals surface area contributed by atoms with Crippen molar-refractivity contribution in [1.82, 2.24) is 5.43 Å². The van der Waals surface area contributed by atoms with Gasteiger partial charge in [0.2, 0.25) is 0 Å². The van der Waals surface area contributed by atoms with E-state index >= 15 is 0 Å². The van der Waals surface area contributed by atoms with Crippen molar-refractivity contribution in [3.63, 3.8) is 0 Å². The van der Waals surface area contributed by atoms with Crippen molar-refractivity contribution in [2.75, 3.05) is 5.32 Å². The Hall–Kier alpha value is -3.19. The summed E-state index contributed by atoms with van der Waals surface area (Å²) in [5, 5.41) is 6.61. The van der Waals surface area contributed by atoms with Crippen LogP contribution in [-0.2, 0) is 0 Å². The first-order valence-electron chi connectivity index (χ1n) is 7.66. The molecule has 0 saturated heterocycles. The van der Waals surface area contributed by atoms with Gasteiger partial charge >= 0.3 is 0 Å². The molecule has 1 heterocycles. The van der Waals surface area contributed by atoms with Crippen LogP contribution < -0.4 is 10.7 Å². The summed E-state index contributed by atoms with van der Waals surface area (Å²) in [6.45, 7) is 0. The number of nitrogens with one attached hydrogen (secondary N) is 2. The summed E-state index contributed by atoms with van der Waals surface area (Å²) in [6.07, 6.45) is 2.94. The molecule has 0 atom stereocenters. The molecule has 0 aliphatic carbocycles. The predicted octanol–water partition coefficient (Wildman–Crippen LogP) is 4.06. The maximum absolute atomic E-state index is 12.4. The van der Waals surface area contributed by atoms with Crippen LogP contribution in [0.5, 0.6) is 0 Å². The molecule has 3 rings (SSSR count). The largest absolute Gasteiger partial charge is 0.459 e. The van der Waals surface area contributed by atoms with Crippen LogP contribution in [0, 0.1) is 0 Å². The van der Waals surface area contributed by atoms with Gasteiger partial charge in [-0.15, -0.1) is 0 Å². The van der Waals surface area contributed by atoms with Gasteiger partial charge in [0.05, 0.1) is 23.7 Å². The maximum atomic E-state index is 12.4. The first-order chi connectivity index (χ1) is 12.6. The molecule has 0 spiro atoms. The Morgan fingerprint density at radius 2 is 1.85 bits per heavy atom. The Morgan fingerprint density at radius 3 is 2.62 bits per heavy atom. The van der Waals surface area contributed by atoms with E-state index in [-0.39, 0.29) is 5.76 Å². The maximum Gasteiger partial charge on any atom is 0.291 e. The number of carbonyl (C=O) groups excluding carboxylic acids is 2. The molecule has 0 fully saturated rings. The van der Waals surface area contributed by atoms with Crippen molar-refractivity contribution in [3.05, 3.63) is 88.3 Å². The van der Waals surface area contributed by atoms with Gasteiger partial charge in [-0.2, -0.15) is 5.10 Å². The van der Waals surface area contributed by atoms with Gasteiger partial charge in [-0.25, -0.2) is 5.43 Å². The van der Waals surface area contributed by atoms with Gasteiger partial charge in [0, 0.05) is 4.47 Å². The number of furan rings is 1. The lowest BCUT2D eigenvalue weighted by Crippen LogP contribution is -2.21. The van der Waals surface area contributed by atoms with Crippen LogP contribution in [0.1, 0.15) is 26.5 Å². The number of anilines is 1. The number of benzene rings is 2. The molecule has 130 valence electrons. The molecule has 0 radical (unpaired) electrons. The molecule has 6 nitrogen and oxygen atoms in total. The van der Waals surface area contributed by atoms with Crippen molar-refractivity contribution in [3.8, 4) is 0 Å². The van der Waals surface area contributed by atoms with Crippen molar-refractivity contribution in [2.45, 2.75) is 0 Å². The fourth-order valence-corrected chi connectivity index (χ4v) is 2.61. The van der Waals surface area contributed by atoms with Crippen LogP contribution in [0.25, 0.3) is 0 Å². The second-order valence-corrected chi connectivity index (χ2v) is 6.15. The summed E-state index contributed by atoms with van der Waals surface area (Å²) in [5.41, 5.74) is 3.94. The van der Waals surface area contributed by atoms with Crippen LogP contribution in [0.4, 0.5) is 5.69 Å². The van der Waals surface area contributed by atoms with E-state index < -0.39 is 11.8 Å². The highest BCUT2D eigenvalue weighted by molar-refractivity contribution is 9.10. The number of rotatable bonds is 5. The average molecular weight is 412 g/mol. The van der Waals surface area contributed by atoms with E-state index in [0.717, 1.165) is 10.0 Å². The van der Waals surface area contributed by atoms with Crippen LogP contribution in [-0.4, -0.2) is 18.0 Å². The van der Waals surface area contributed by atoms with Crippen LogP contribution in [0.15, 0.2) is 80.9 Å². The lowest BCUT2D eigenvalue weighted by Gasteiger charge is -2.08. The second kappa shape index (κ2) is 8.26. The molecular formula is C19H14BrN3O3. The molecule has 26 heavy (non-hydrogen) atoms. The van der Waals surface area contributed by atoms with Gasteiger partial charge in [-0.3, -0.25) is 9.59 Å². The first kappa shape index (κ1) is 17.6. The number of amides is 2. The minimum Gasteiger partial charge on any atom is -0.459 e. The van der Waals surface area contributed by atoms with E-state index in [0.29, 0.717) is 11.3 Å². The van der Waals surface area contributed by atoms with Crippen molar-refractivity contribution in [1.29, 1.82) is 0 Å². The Kier molecular flexibility index (Phi) is 5.60. The molecule has 1 aromatic heterocycles. The topological polar surface area (TPSA) is 83.7 Å². The summed E-state index contributed by atoms with van der Waals surface area (Å²) in [6, 6.07) is 17.3. The summed E-state index contributed by atoms with van der Waals surface area (Å²) < 4.78 is 5.97. The lowest BCUT2D eigenvalue weighted by atomic mass is 10.1. The van der Waals surface area contributed by atoms with Crippen molar-refractivity contribution >= 4 is 39.6 Å². The molecule has 0 bridgehead atoms. The van der Waals surface area contributed by atoms with E-state index in [4.69, 9.17) is 4.42 Å². The summed E-state index contributed by atoms with van der Waals surface area (Å²) >= 11 is 3.37. The van der Waals surface area contributed by atoms with E-state index in [9.17, 15) is 9.59 Å². The van der Waals surface area contributed by atoms with Crippen LogP contribution >= 0.6 is 15.9 Å². The van der Waals surface area contributed by atoms with Gasteiger partial charge in [-0.1, -0.05) is 40.2 Å². The highest BCUT2D eigenvalue weighted by Crippen LogP contribution is 2.16. The minimum absolute atomic E-state index is 0.160. The number of hydrazone groups is 1. The fourth-order valence-electron chi connectivity index (χ4n) is 2.19. The highest BCUT2D eigenvalue weighted by Gasteiger charge is 2.14. The van der Waals surface area contributed by atoms with Gasteiger partial charge in [0.1, 0.15) is 0 Å². The van der Waals surface area contributed by atoms with Crippen molar-refractivity contribution < 1.29 is 14.0 Å². The highest BCUT2D eigenvalue weighted by atomic mass is 79.9. The molecular weight excluding hydrogens is 398 g/mol. The molecule has 0 aliphatic rings. The van der Waals surface area contributed by atoms with E-state index in [2.05, 4.69) is 31.8 Å². The number of nitrogens with zero attached hydrogens (tertiary/aromatic N) is 1. The molecule has 2 N–H and O–H groups in total. The average Bonchev–Trinajstić information content (AvgIpc) is 3.17. The minimum atomic E-state index is -0.438. The lowest BCUT2D eigenvalue weighted by molar-refractivity contribution is 0.0956. The zero-order valence-corrected chi connectivity index (χ0v) is 15.1. The number of hydrogen-bond donors (Lipinski definition) is 2. The molecule has 7 heteroatoms. The molecule has 0 saturated carbocycles. The smallest absolute Gasteiger partial charge is 0.291 e. The Labute approximate surface area is 158 Å². The molecule has 0 aliphatic heterocycles. The molecule has 3 aromatic rings. The Balaban J connectivity index is 1.70. The third kappa shape index (κ3) is 4.46. The van der Waals surface area contributed by atoms with Gasteiger partial charge in [0.15, 0.2) is 5.76 Å². The number of para-hydroxylation sites is 1. The standard InChI is InChI=1S/C19H14BrN3O3/c20-14-6-3-5-13(11-14)12-21-23-18(24)15-7-1-2-8-16(15)22-19(25)17-9-4-10-26-17/h1-12H,(H,22,25)(H,23,24)/b21-12-. The molecule has 2 amide bonds. The zero-order chi connectivity index (χ0) is 18.4. The Morgan fingerprint density at radius 1 is 1.00 bits per heavy atom. The predicted molar refractivity (Wildman–Crippen MR) is 102 cm³/mol.